The summed E-state index contributed by atoms with van der Waals surface area (Å²) < 4.78 is 4.70. The summed E-state index contributed by atoms with van der Waals surface area (Å²) in [5.74, 6) is 0. The summed E-state index contributed by atoms with van der Waals surface area (Å²) >= 11 is 0. The van der Waals surface area contributed by atoms with Crippen LogP contribution in [-0.4, -0.2) is 20.9 Å². The Hall–Kier alpha value is -1.29. The van der Waals surface area contributed by atoms with Crippen LogP contribution < -0.4 is 4.98 Å². The molecule has 1 aromatic rings. The molecule has 0 aliphatic heterocycles. The minimum atomic E-state index is -1.48. The molecule has 1 aromatic carbocycles. The predicted octanol–water partition coefficient (Wildman–Crippen LogP) is 3.25. The van der Waals surface area contributed by atoms with Crippen LogP contribution in [0.25, 0.3) is 0 Å². The SMILES string of the molecule is CCOC(=O)N[Si](C)(C)C.c1ccccc1. The molecule has 0 radical (unpaired) electrons. The van der Waals surface area contributed by atoms with Gasteiger partial charge in [-0.05, 0) is 6.92 Å². The van der Waals surface area contributed by atoms with Gasteiger partial charge in [0.05, 0.1) is 6.61 Å². The van der Waals surface area contributed by atoms with Crippen LogP contribution in [-0.2, 0) is 4.74 Å². The molecule has 4 heteroatoms. The van der Waals surface area contributed by atoms with E-state index in [1.165, 1.54) is 0 Å². The van der Waals surface area contributed by atoms with Gasteiger partial charge >= 0.3 is 6.09 Å². The molecule has 1 amide bonds. The maximum absolute atomic E-state index is 10.8. The fraction of sp³-hybridized carbons (Fsp3) is 0.417. The van der Waals surface area contributed by atoms with Crippen molar-refractivity contribution in [3.63, 3.8) is 0 Å². The maximum Gasteiger partial charge on any atom is 0.399 e. The molecule has 0 heterocycles. The highest BCUT2D eigenvalue weighted by Crippen LogP contribution is 1.94. The lowest BCUT2D eigenvalue weighted by Gasteiger charge is -2.16. The van der Waals surface area contributed by atoms with Gasteiger partial charge in [0, 0.05) is 0 Å². The number of ether oxygens (including phenoxy) is 1. The highest BCUT2D eigenvalue weighted by atomic mass is 28.3. The van der Waals surface area contributed by atoms with Crippen LogP contribution in [0, 0.1) is 0 Å². The number of carbonyl (C=O) groups is 1. The van der Waals surface area contributed by atoms with E-state index >= 15 is 0 Å². The molecule has 0 bridgehead atoms. The lowest BCUT2D eigenvalue weighted by molar-refractivity contribution is 0.158. The second-order valence-electron chi connectivity index (χ2n) is 4.25. The second-order valence-corrected chi connectivity index (χ2v) is 9.00. The van der Waals surface area contributed by atoms with E-state index in [-0.39, 0.29) is 6.09 Å². The Bertz CT molecular complexity index is 256. The number of carbonyl (C=O) groups excluding carboxylic acids is 1. The number of benzene rings is 1. The summed E-state index contributed by atoms with van der Waals surface area (Å²) in [6.07, 6.45) is -0.290. The van der Waals surface area contributed by atoms with Gasteiger partial charge in [0.1, 0.15) is 0 Å². The summed E-state index contributed by atoms with van der Waals surface area (Å²) in [6, 6.07) is 12.0. The first kappa shape index (κ1) is 14.7. The Morgan fingerprint density at radius 1 is 1.06 bits per heavy atom. The van der Waals surface area contributed by atoms with Crippen LogP contribution in [0.3, 0.4) is 0 Å². The molecule has 0 aromatic heterocycles. The molecule has 0 atom stereocenters. The average molecular weight is 239 g/mol. The molecule has 90 valence electrons. The van der Waals surface area contributed by atoms with E-state index < -0.39 is 8.24 Å². The van der Waals surface area contributed by atoms with Crippen molar-refractivity contribution in [2.75, 3.05) is 6.61 Å². The monoisotopic (exact) mass is 239 g/mol. The molecular weight excluding hydrogens is 218 g/mol. The normalized spacial score (nSPS) is 9.75. The van der Waals surface area contributed by atoms with Gasteiger partial charge in [-0.3, -0.25) is 0 Å². The van der Waals surface area contributed by atoms with Gasteiger partial charge in [0.2, 0.25) is 0 Å². The lowest BCUT2D eigenvalue weighted by atomic mass is 10.4. The average Bonchev–Trinajstić information content (AvgIpc) is 2.19. The van der Waals surface area contributed by atoms with Crippen molar-refractivity contribution in [1.82, 2.24) is 4.98 Å². The largest absolute Gasteiger partial charge is 0.450 e. The van der Waals surface area contributed by atoms with Crippen molar-refractivity contribution in [3.05, 3.63) is 36.4 Å². The van der Waals surface area contributed by atoms with Crippen molar-refractivity contribution in [3.8, 4) is 0 Å². The summed E-state index contributed by atoms with van der Waals surface area (Å²) in [6.45, 7) is 8.37. The Kier molecular flexibility index (Phi) is 7.29. The van der Waals surface area contributed by atoms with Gasteiger partial charge < -0.3 is 9.72 Å². The van der Waals surface area contributed by atoms with Crippen LogP contribution in [0.2, 0.25) is 19.6 Å². The highest BCUT2D eigenvalue weighted by molar-refractivity contribution is 6.75. The molecule has 1 rings (SSSR count). The smallest absolute Gasteiger partial charge is 0.399 e. The highest BCUT2D eigenvalue weighted by Gasteiger charge is 2.16. The van der Waals surface area contributed by atoms with Crippen LogP contribution >= 0.6 is 0 Å². The first-order chi connectivity index (χ1) is 7.45. The van der Waals surface area contributed by atoms with Gasteiger partial charge in [-0.1, -0.05) is 56.0 Å². The van der Waals surface area contributed by atoms with Gasteiger partial charge in [0.15, 0.2) is 8.24 Å². The number of amides is 1. The molecule has 0 aliphatic carbocycles. The van der Waals surface area contributed by atoms with Crippen LogP contribution in [0.1, 0.15) is 6.92 Å². The first-order valence-corrected chi connectivity index (χ1v) is 8.90. The third-order valence-electron chi connectivity index (χ3n) is 1.42. The molecule has 0 spiro atoms. The second kappa shape index (κ2) is 7.93. The van der Waals surface area contributed by atoms with Crippen molar-refractivity contribution in [2.45, 2.75) is 26.6 Å². The number of nitrogens with one attached hydrogen (secondary N) is 1. The van der Waals surface area contributed by atoms with Crippen molar-refractivity contribution in [1.29, 1.82) is 0 Å². The summed E-state index contributed by atoms with van der Waals surface area (Å²) in [7, 11) is -1.48. The predicted molar refractivity (Wildman–Crippen MR) is 69.9 cm³/mol. The molecule has 3 nitrogen and oxygen atoms in total. The van der Waals surface area contributed by atoms with Gasteiger partial charge in [-0.2, -0.15) is 0 Å². The summed E-state index contributed by atoms with van der Waals surface area (Å²) in [5, 5.41) is 0. The Morgan fingerprint density at radius 2 is 1.44 bits per heavy atom. The van der Waals surface area contributed by atoms with E-state index in [9.17, 15) is 4.79 Å². The summed E-state index contributed by atoms with van der Waals surface area (Å²) in [5.41, 5.74) is 0. The molecule has 1 N–H and O–H groups in total. The minimum absolute atomic E-state index is 0.290. The van der Waals surface area contributed by atoms with E-state index in [4.69, 9.17) is 4.74 Å². The Labute approximate surface area is 98.9 Å². The van der Waals surface area contributed by atoms with E-state index in [1.807, 2.05) is 56.0 Å². The van der Waals surface area contributed by atoms with Crippen molar-refractivity contribution in [2.24, 2.45) is 0 Å². The zero-order valence-corrected chi connectivity index (χ0v) is 11.5. The molecule has 0 fully saturated rings. The quantitative estimate of drug-likeness (QED) is 0.805. The van der Waals surface area contributed by atoms with E-state index in [0.717, 1.165) is 0 Å². The minimum Gasteiger partial charge on any atom is -0.450 e. The third kappa shape index (κ3) is 10.8. The van der Waals surface area contributed by atoms with Crippen molar-refractivity contribution < 1.29 is 9.53 Å². The number of hydrogen-bond acceptors (Lipinski definition) is 2. The molecular formula is C12H21NO2Si. The standard InChI is InChI=1S/C6H15NO2Si.C6H6/c1-5-9-6(8)7-10(2,3)4;1-2-4-6-5-3-1/h5H2,1-4H3,(H,7,8);1-6H. The Balaban J connectivity index is 0.000000315. The molecule has 16 heavy (non-hydrogen) atoms. The van der Waals surface area contributed by atoms with Gasteiger partial charge in [0.25, 0.3) is 0 Å². The molecule has 0 saturated carbocycles. The van der Waals surface area contributed by atoms with Crippen molar-refractivity contribution >= 4 is 14.3 Å². The van der Waals surface area contributed by atoms with Crippen LogP contribution in [0.15, 0.2) is 36.4 Å². The summed E-state index contributed by atoms with van der Waals surface area (Å²) in [4.78, 5) is 13.6. The lowest BCUT2D eigenvalue weighted by Crippen LogP contribution is -2.45. The number of hydrogen-bond donors (Lipinski definition) is 1. The fourth-order valence-corrected chi connectivity index (χ4v) is 1.54. The molecule has 0 unspecified atom stereocenters. The van der Waals surface area contributed by atoms with Crippen LogP contribution in [0.5, 0.6) is 0 Å². The fourth-order valence-electron chi connectivity index (χ4n) is 0.858. The third-order valence-corrected chi connectivity index (χ3v) is 2.37. The van der Waals surface area contributed by atoms with Gasteiger partial charge in [-0.25, -0.2) is 4.79 Å². The van der Waals surface area contributed by atoms with Crippen LogP contribution in [0.4, 0.5) is 4.79 Å². The maximum atomic E-state index is 10.8. The topological polar surface area (TPSA) is 38.3 Å². The van der Waals surface area contributed by atoms with Gasteiger partial charge in [-0.15, -0.1) is 0 Å². The zero-order valence-electron chi connectivity index (χ0n) is 10.5. The molecule has 0 aliphatic rings. The Morgan fingerprint density at radius 3 is 1.69 bits per heavy atom. The molecule has 0 saturated heterocycles. The van der Waals surface area contributed by atoms with E-state index in [0.29, 0.717) is 6.61 Å². The first-order valence-electron chi connectivity index (χ1n) is 5.40. The van der Waals surface area contributed by atoms with E-state index in [2.05, 4.69) is 4.98 Å². The number of rotatable bonds is 2. The zero-order chi connectivity index (χ0) is 12.4. The van der Waals surface area contributed by atoms with E-state index in [1.54, 1.807) is 6.92 Å².